The van der Waals surface area contributed by atoms with Gasteiger partial charge in [0.25, 0.3) is 0 Å². The Morgan fingerprint density at radius 2 is 2.40 bits per heavy atom. The van der Waals surface area contributed by atoms with Gasteiger partial charge in [0.15, 0.2) is 0 Å². The Morgan fingerprint density at radius 1 is 1.60 bits per heavy atom. The zero-order valence-corrected chi connectivity index (χ0v) is 8.33. The van der Waals surface area contributed by atoms with Crippen LogP contribution in [0, 0.1) is 5.82 Å². The second kappa shape index (κ2) is 3.88. The van der Waals surface area contributed by atoms with Gasteiger partial charge in [-0.05, 0) is 12.1 Å². The van der Waals surface area contributed by atoms with E-state index in [1.807, 2.05) is 0 Å². The number of carbonyl (C=O) groups excluding carboxylic acids is 1. The number of ether oxygens (including phenoxy) is 2. The van der Waals surface area contributed by atoms with Crippen LogP contribution in [0.15, 0.2) is 18.2 Å². The number of hydrogen-bond donors (Lipinski definition) is 0. The van der Waals surface area contributed by atoms with Crippen LogP contribution >= 0.6 is 0 Å². The Balaban J connectivity index is 2.30. The highest BCUT2D eigenvalue weighted by atomic mass is 19.1. The highest BCUT2D eigenvalue weighted by Gasteiger charge is 2.24. The molecule has 0 spiro atoms. The smallest absolute Gasteiger partial charge is 0.303 e. The molecule has 1 heterocycles. The summed E-state index contributed by atoms with van der Waals surface area (Å²) in [6.45, 7) is 1.80. The van der Waals surface area contributed by atoms with E-state index in [0.717, 1.165) is 5.56 Å². The van der Waals surface area contributed by atoms with E-state index >= 15 is 0 Å². The van der Waals surface area contributed by atoms with Gasteiger partial charge in [-0.3, -0.25) is 4.79 Å². The molecule has 2 rings (SSSR count). The Labute approximate surface area is 86.8 Å². The fraction of sp³-hybridized carbons (Fsp3) is 0.364. The molecule has 1 unspecified atom stereocenters. The molecule has 0 aromatic heterocycles. The fourth-order valence-electron chi connectivity index (χ4n) is 1.65. The maximum absolute atomic E-state index is 12.9. The largest absolute Gasteiger partial charge is 0.493 e. The molecule has 0 saturated carbocycles. The highest BCUT2D eigenvalue weighted by Crippen LogP contribution is 2.34. The summed E-state index contributed by atoms with van der Waals surface area (Å²) in [5.74, 6) is -0.220. The summed E-state index contributed by atoms with van der Waals surface area (Å²) in [6, 6.07) is 4.24. The quantitative estimate of drug-likeness (QED) is 0.666. The highest BCUT2D eigenvalue weighted by molar-refractivity contribution is 5.66. The van der Waals surface area contributed by atoms with E-state index < -0.39 is 0 Å². The second-order valence-electron chi connectivity index (χ2n) is 3.42. The molecule has 3 nitrogen and oxygen atoms in total. The predicted molar refractivity (Wildman–Crippen MR) is 51.0 cm³/mol. The van der Waals surface area contributed by atoms with Crippen LogP contribution in [0.5, 0.6) is 5.75 Å². The van der Waals surface area contributed by atoms with Crippen molar-refractivity contribution in [3.8, 4) is 5.75 Å². The molecule has 0 bridgehead atoms. The van der Waals surface area contributed by atoms with Crippen LogP contribution in [0.25, 0.3) is 0 Å². The van der Waals surface area contributed by atoms with Crippen LogP contribution in [0.2, 0.25) is 0 Å². The van der Waals surface area contributed by atoms with Crippen molar-refractivity contribution >= 4 is 5.97 Å². The molecule has 1 aromatic carbocycles. The minimum atomic E-state index is -0.350. The molecule has 15 heavy (non-hydrogen) atoms. The number of hydrogen-bond acceptors (Lipinski definition) is 3. The average molecular weight is 210 g/mol. The molecule has 0 amide bonds. The Morgan fingerprint density at radius 3 is 3.13 bits per heavy atom. The lowest BCUT2D eigenvalue weighted by Gasteiger charge is -2.25. The van der Waals surface area contributed by atoms with Gasteiger partial charge in [-0.25, -0.2) is 4.39 Å². The van der Waals surface area contributed by atoms with Crippen LogP contribution < -0.4 is 4.74 Å². The molecule has 80 valence electrons. The topological polar surface area (TPSA) is 35.5 Å². The van der Waals surface area contributed by atoms with Gasteiger partial charge in [0.2, 0.25) is 0 Å². The number of benzene rings is 1. The van der Waals surface area contributed by atoms with Gasteiger partial charge in [-0.2, -0.15) is 0 Å². The van der Waals surface area contributed by atoms with Crippen LogP contribution in [0.1, 0.15) is 25.0 Å². The second-order valence-corrected chi connectivity index (χ2v) is 3.42. The number of carbonyl (C=O) groups is 1. The standard InChI is InChI=1S/C11H11FO3/c1-7(13)15-10-4-5-14-11-6-8(12)2-3-9(10)11/h2-3,6,10H,4-5H2,1H3. The Hall–Kier alpha value is -1.58. The maximum Gasteiger partial charge on any atom is 0.303 e. The summed E-state index contributed by atoms with van der Waals surface area (Å²) in [7, 11) is 0. The molecule has 1 atom stereocenters. The average Bonchev–Trinajstić information content (AvgIpc) is 2.16. The first-order chi connectivity index (χ1) is 7.16. The van der Waals surface area contributed by atoms with Crippen molar-refractivity contribution in [2.45, 2.75) is 19.4 Å². The van der Waals surface area contributed by atoms with E-state index in [2.05, 4.69) is 0 Å². The molecule has 0 aliphatic carbocycles. The van der Waals surface area contributed by atoms with Crippen molar-refractivity contribution in [1.29, 1.82) is 0 Å². The van der Waals surface area contributed by atoms with Crippen LogP contribution in [-0.4, -0.2) is 12.6 Å². The summed E-state index contributed by atoms with van der Waals surface area (Å²) in [6.07, 6.45) is 0.296. The molecule has 0 saturated heterocycles. The molecule has 4 heteroatoms. The van der Waals surface area contributed by atoms with Crippen LogP contribution in [0.4, 0.5) is 4.39 Å². The minimum absolute atomic E-state index is 0.313. The molecule has 0 fully saturated rings. The summed E-state index contributed by atoms with van der Waals surface area (Å²) >= 11 is 0. The summed E-state index contributed by atoms with van der Waals surface area (Å²) in [5, 5.41) is 0. The Bertz CT molecular complexity index is 389. The van der Waals surface area contributed by atoms with Crippen molar-refractivity contribution in [2.75, 3.05) is 6.61 Å². The molecule has 1 aromatic rings. The summed E-state index contributed by atoms with van der Waals surface area (Å²) < 4.78 is 23.3. The zero-order chi connectivity index (χ0) is 10.8. The lowest BCUT2D eigenvalue weighted by molar-refractivity contribution is -0.148. The van der Waals surface area contributed by atoms with E-state index in [9.17, 15) is 9.18 Å². The number of fused-ring (bicyclic) bond motifs is 1. The molecule has 1 aliphatic rings. The molecule has 0 radical (unpaired) electrons. The molecular formula is C11H11FO3. The molecule has 0 N–H and O–H groups in total. The SMILES string of the molecule is CC(=O)OC1CCOc2cc(F)ccc21. The van der Waals surface area contributed by atoms with E-state index in [1.54, 1.807) is 6.07 Å². The van der Waals surface area contributed by atoms with Crippen molar-refractivity contribution < 1.29 is 18.7 Å². The van der Waals surface area contributed by atoms with Crippen molar-refractivity contribution in [3.63, 3.8) is 0 Å². The van der Waals surface area contributed by atoms with Gasteiger partial charge in [0.05, 0.1) is 6.61 Å². The summed E-state index contributed by atoms with van der Waals surface area (Å²) in [5.41, 5.74) is 0.734. The predicted octanol–water partition coefficient (Wildman–Crippen LogP) is 2.21. The van der Waals surface area contributed by atoms with E-state index in [-0.39, 0.29) is 17.9 Å². The first kappa shape index (κ1) is 9.96. The third kappa shape index (κ3) is 2.09. The van der Waals surface area contributed by atoms with Gasteiger partial charge >= 0.3 is 5.97 Å². The first-order valence-electron chi connectivity index (χ1n) is 4.76. The van der Waals surface area contributed by atoms with Gasteiger partial charge in [0, 0.05) is 25.0 Å². The summed E-state index contributed by atoms with van der Waals surface area (Å²) in [4.78, 5) is 10.9. The van der Waals surface area contributed by atoms with E-state index in [1.165, 1.54) is 19.1 Å². The lowest BCUT2D eigenvalue weighted by Crippen LogP contribution is -2.18. The fourth-order valence-corrected chi connectivity index (χ4v) is 1.65. The van der Waals surface area contributed by atoms with E-state index in [0.29, 0.717) is 18.8 Å². The van der Waals surface area contributed by atoms with E-state index in [4.69, 9.17) is 9.47 Å². The van der Waals surface area contributed by atoms with Gasteiger partial charge in [0.1, 0.15) is 17.7 Å². The van der Waals surface area contributed by atoms with Crippen LogP contribution in [0.3, 0.4) is 0 Å². The first-order valence-corrected chi connectivity index (χ1v) is 4.76. The number of rotatable bonds is 1. The van der Waals surface area contributed by atoms with Crippen LogP contribution in [-0.2, 0) is 9.53 Å². The number of esters is 1. The number of halogens is 1. The van der Waals surface area contributed by atoms with Crippen molar-refractivity contribution in [3.05, 3.63) is 29.6 Å². The minimum Gasteiger partial charge on any atom is -0.493 e. The van der Waals surface area contributed by atoms with Gasteiger partial charge < -0.3 is 9.47 Å². The zero-order valence-electron chi connectivity index (χ0n) is 8.33. The van der Waals surface area contributed by atoms with Gasteiger partial charge in [-0.1, -0.05) is 0 Å². The molecule has 1 aliphatic heterocycles. The lowest BCUT2D eigenvalue weighted by atomic mass is 10.0. The Kier molecular flexibility index (Phi) is 2.58. The van der Waals surface area contributed by atoms with Crippen molar-refractivity contribution in [1.82, 2.24) is 0 Å². The maximum atomic E-state index is 12.9. The normalized spacial score (nSPS) is 18.9. The third-order valence-electron chi connectivity index (χ3n) is 2.27. The van der Waals surface area contributed by atoms with Gasteiger partial charge in [-0.15, -0.1) is 0 Å². The monoisotopic (exact) mass is 210 g/mol. The molecular weight excluding hydrogens is 199 g/mol. The van der Waals surface area contributed by atoms with Crippen molar-refractivity contribution in [2.24, 2.45) is 0 Å². The third-order valence-corrected chi connectivity index (χ3v) is 2.27.